The smallest absolute Gasteiger partial charge is 0.433 e. The van der Waals surface area contributed by atoms with Gasteiger partial charge in [0.1, 0.15) is 17.5 Å². The maximum atomic E-state index is 13.4. The average Bonchev–Trinajstić information content (AvgIpc) is 3.41. The Kier molecular flexibility index (Phi) is 7.51. The van der Waals surface area contributed by atoms with Gasteiger partial charge in [0.25, 0.3) is 0 Å². The fourth-order valence-electron chi connectivity index (χ4n) is 5.10. The molecular weight excluding hydrogens is 585 g/mol. The van der Waals surface area contributed by atoms with E-state index in [1.165, 1.54) is 54.5 Å². The van der Waals surface area contributed by atoms with Crippen molar-refractivity contribution in [2.45, 2.75) is 31.7 Å². The van der Waals surface area contributed by atoms with Crippen LogP contribution in [-0.2, 0) is 18.8 Å². The van der Waals surface area contributed by atoms with E-state index in [4.69, 9.17) is 4.74 Å². The van der Waals surface area contributed by atoms with E-state index in [1.54, 1.807) is 20.0 Å². The van der Waals surface area contributed by atoms with Crippen LogP contribution < -0.4 is 9.47 Å². The number of aromatic nitrogens is 4. The summed E-state index contributed by atoms with van der Waals surface area (Å²) in [6, 6.07) is 12.8. The van der Waals surface area contributed by atoms with Crippen LogP contribution in [0.15, 0.2) is 67.3 Å². The number of methoxy groups -OCH3 is 1. The molecule has 226 valence electrons. The fourth-order valence-corrected chi connectivity index (χ4v) is 5.10. The van der Waals surface area contributed by atoms with Gasteiger partial charge in [0.15, 0.2) is 5.60 Å². The number of pyridine rings is 2. The lowest BCUT2D eigenvalue weighted by Crippen LogP contribution is -2.31. The third-order valence-electron chi connectivity index (χ3n) is 7.07. The maximum Gasteiger partial charge on any atom is 0.433 e. The highest BCUT2D eigenvalue weighted by atomic mass is 19.4. The number of ether oxygens (including phenoxy) is 2. The van der Waals surface area contributed by atoms with Crippen molar-refractivity contribution < 1.29 is 36.5 Å². The van der Waals surface area contributed by atoms with Crippen molar-refractivity contribution >= 4 is 10.9 Å². The van der Waals surface area contributed by atoms with Crippen molar-refractivity contribution in [2.75, 3.05) is 7.11 Å². The largest absolute Gasteiger partial charge is 0.480 e. The van der Waals surface area contributed by atoms with Crippen LogP contribution >= 0.6 is 0 Å². The molecule has 0 saturated heterocycles. The standard InChI is InChI=1S/C31H24F5N5O3/c1-17-11-20(30(42,25-15-38-16-41(25)3)19-7-10-24(39-14-19)31(34,35)36)12-22-23(13-37)26(28(43-4)40-27(17)22)18-5-8-21(9-6-18)44-29(2,32)33/h5-12,14-16,42H,1-4H3. The highest BCUT2D eigenvalue weighted by Gasteiger charge is 2.39. The van der Waals surface area contributed by atoms with E-state index in [0.717, 1.165) is 18.3 Å². The topological polar surface area (TPSA) is 106 Å². The maximum absolute atomic E-state index is 13.4. The molecule has 0 saturated carbocycles. The Bertz CT molecular complexity index is 1890. The summed E-state index contributed by atoms with van der Waals surface area (Å²) in [5, 5.41) is 23.1. The zero-order valence-corrected chi connectivity index (χ0v) is 23.7. The molecule has 0 aliphatic carbocycles. The summed E-state index contributed by atoms with van der Waals surface area (Å²) in [6.07, 6.45) is -4.33. The molecule has 5 rings (SSSR count). The lowest BCUT2D eigenvalue weighted by molar-refractivity contribution is -0.159. The van der Waals surface area contributed by atoms with E-state index in [-0.39, 0.29) is 39.6 Å². The molecule has 0 bridgehead atoms. The van der Waals surface area contributed by atoms with Crippen molar-refractivity contribution in [2.24, 2.45) is 7.05 Å². The normalized spacial score (nSPS) is 13.4. The van der Waals surface area contributed by atoms with Crippen LogP contribution in [0.3, 0.4) is 0 Å². The highest BCUT2D eigenvalue weighted by molar-refractivity contribution is 5.96. The molecular formula is C31H24F5N5O3. The van der Waals surface area contributed by atoms with Crippen molar-refractivity contribution in [3.63, 3.8) is 0 Å². The average molecular weight is 610 g/mol. The summed E-state index contributed by atoms with van der Waals surface area (Å²) >= 11 is 0. The zero-order chi connectivity index (χ0) is 32.0. The Morgan fingerprint density at radius 1 is 0.977 bits per heavy atom. The Hall–Kier alpha value is -5.09. The first-order chi connectivity index (χ1) is 20.7. The second-order valence-electron chi connectivity index (χ2n) is 10.1. The molecule has 5 aromatic rings. The minimum absolute atomic E-state index is 0.0244. The van der Waals surface area contributed by atoms with Crippen molar-refractivity contribution in [1.82, 2.24) is 19.5 Å². The van der Waals surface area contributed by atoms with Gasteiger partial charge in [0.2, 0.25) is 5.88 Å². The summed E-state index contributed by atoms with van der Waals surface area (Å²) in [5.74, 6) is -0.00905. The van der Waals surface area contributed by atoms with Crippen molar-refractivity contribution in [1.29, 1.82) is 5.26 Å². The van der Waals surface area contributed by atoms with Gasteiger partial charge in [-0.3, -0.25) is 4.98 Å². The molecule has 44 heavy (non-hydrogen) atoms. The summed E-state index contributed by atoms with van der Waals surface area (Å²) < 4.78 is 78.3. The molecule has 0 amide bonds. The fraction of sp³-hybridized carbons (Fsp3) is 0.226. The minimum Gasteiger partial charge on any atom is -0.480 e. The van der Waals surface area contributed by atoms with Gasteiger partial charge in [-0.2, -0.15) is 27.2 Å². The molecule has 3 heterocycles. The Labute approximate surface area is 248 Å². The monoisotopic (exact) mass is 609 g/mol. The molecule has 1 atom stereocenters. The first-order valence-electron chi connectivity index (χ1n) is 13.0. The van der Waals surface area contributed by atoms with E-state index in [0.29, 0.717) is 29.0 Å². The number of hydrogen-bond donors (Lipinski definition) is 1. The van der Waals surface area contributed by atoms with Gasteiger partial charge in [0, 0.05) is 31.1 Å². The number of benzene rings is 2. The van der Waals surface area contributed by atoms with Crippen LogP contribution in [0.4, 0.5) is 22.0 Å². The van der Waals surface area contributed by atoms with E-state index in [9.17, 15) is 32.3 Å². The van der Waals surface area contributed by atoms with Gasteiger partial charge in [-0.15, -0.1) is 0 Å². The van der Waals surface area contributed by atoms with Gasteiger partial charge in [-0.25, -0.2) is 9.97 Å². The predicted octanol–water partition coefficient (Wildman–Crippen LogP) is 6.51. The van der Waals surface area contributed by atoms with Gasteiger partial charge in [-0.1, -0.05) is 24.3 Å². The molecule has 8 nitrogen and oxygen atoms in total. The quantitative estimate of drug-likeness (QED) is 0.210. The van der Waals surface area contributed by atoms with Crippen LogP contribution in [0.1, 0.15) is 40.6 Å². The first kappa shape index (κ1) is 30.4. The van der Waals surface area contributed by atoms with Crippen LogP contribution in [-0.4, -0.2) is 37.8 Å². The Morgan fingerprint density at radius 2 is 1.68 bits per heavy atom. The number of imidazole rings is 1. The lowest BCUT2D eigenvalue weighted by Gasteiger charge is -2.30. The van der Waals surface area contributed by atoms with Crippen LogP contribution in [0.5, 0.6) is 11.6 Å². The molecule has 0 spiro atoms. The molecule has 0 aliphatic heterocycles. The summed E-state index contributed by atoms with van der Waals surface area (Å²) in [5.41, 5.74) is -1.07. The first-order valence-corrected chi connectivity index (χ1v) is 13.0. The molecule has 0 aliphatic rings. The number of hydrogen-bond acceptors (Lipinski definition) is 7. The Morgan fingerprint density at radius 3 is 2.20 bits per heavy atom. The van der Waals surface area contributed by atoms with Gasteiger partial charge in [0.05, 0.1) is 42.0 Å². The van der Waals surface area contributed by atoms with Crippen molar-refractivity contribution in [3.05, 3.63) is 101 Å². The highest BCUT2D eigenvalue weighted by Crippen LogP contribution is 2.43. The number of alkyl halides is 5. The predicted molar refractivity (Wildman–Crippen MR) is 149 cm³/mol. The second kappa shape index (κ2) is 10.9. The molecule has 1 N–H and O–H groups in total. The second-order valence-corrected chi connectivity index (χ2v) is 10.1. The summed E-state index contributed by atoms with van der Waals surface area (Å²) in [6.45, 7) is 2.31. The van der Waals surface area contributed by atoms with Crippen LogP contribution in [0.25, 0.3) is 22.0 Å². The number of fused-ring (bicyclic) bond motifs is 1. The molecule has 0 fully saturated rings. The summed E-state index contributed by atoms with van der Waals surface area (Å²) in [7, 11) is 2.99. The molecule has 0 radical (unpaired) electrons. The van der Waals surface area contributed by atoms with Crippen molar-refractivity contribution in [3.8, 4) is 28.8 Å². The van der Waals surface area contributed by atoms with Gasteiger partial charge in [-0.05, 0) is 47.9 Å². The molecule has 13 heteroatoms. The number of aryl methyl sites for hydroxylation is 2. The SMILES string of the molecule is COc1nc2c(C)cc(C(O)(c3ccc(C(F)(F)F)nc3)c3cncn3C)cc2c(C#N)c1-c1ccc(OC(C)(F)F)cc1. The number of nitriles is 1. The van der Waals surface area contributed by atoms with Crippen LogP contribution in [0, 0.1) is 18.3 Å². The third-order valence-corrected chi connectivity index (χ3v) is 7.07. The molecule has 3 aromatic heterocycles. The van der Waals surface area contributed by atoms with Crippen LogP contribution in [0.2, 0.25) is 0 Å². The zero-order valence-electron chi connectivity index (χ0n) is 23.7. The summed E-state index contributed by atoms with van der Waals surface area (Å²) in [4.78, 5) is 12.2. The van der Waals surface area contributed by atoms with E-state index >= 15 is 0 Å². The van der Waals surface area contributed by atoms with E-state index in [2.05, 4.69) is 25.8 Å². The Balaban J connectivity index is 1.76. The minimum atomic E-state index is -4.69. The lowest BCUT2D eigenvalue weighted by atomic mass is 9.82. The van der Waals surface area contributed by atoms with E-state index < -0.39 is 23.6 Å². The molecule has 2 aromatic carbocycles. The number of aliphatic hydroxyl groups is 1. The number of rotatable bonds is 7. The number of halogens is 5. The molecule has 1 unspecified atom stereocenters. The number of nitrogens with zero attached hydrogens (tertiary/aromatic N) is 5. The third kappa shape index (κ3) is 5.40. The van der Waals surface area contributed by atoms with E-state index in [1.807, 2.05) is 0 Å². The van der Waals surface area contributed by atoms with Gasteiger partial charge >= 0.3 is 12.3 Å². The van der Waals surface area contributed by atoms with Gasteiger partial charge < -0.3 is 19.1 Å².